The maximum atomic E-state index is 4.31. The number of hydrogen-bond acceptors (Lipinski definition) is 5. The summed E-state index contributed by atoms with van der Waals surface area (Å²) in [5.41, 5.74) is 3.19. The molecule has 0 aliphatic rings. The molecule has 0 spiro atoms. The summed E-state index contributed by atoms with van der Waals surface area (Å²) in [4.78, 5) is 4.29. The van der Waals surface area contributed by atoms with Crippen LogP contribution in [0.15, 0.2) is 42.7 Å². The highest BCUT2D eigenvalue weighted by Crippen LogP contribution is 2.07. The molecule has 3 aromatic rings. The molecule has 112 valence electrons. The monoisotopic (exact) mass is 294 g/mol. The van der Waals surface area contributed by atoms with Gasteiger partial charge in [-0.25, -0.2) is 4.68 Å². The normalized spacial score (nSPS) is 10.6. The van der Waals surface area contributed by atoms with Crippen LogP contribution in [0.25, 0.3) is 5.82 Å². The molecular weight excluding hydrogens is 276 g/mol. The molecule has 6 heteroatoms. The van der Waals surface area contributed by atoms with Crippen molar-refractivity contribution in [3.63, 3.8) is 0 Å². The van der Waals surface area contributed by atoms with Gasteiger partial charge in [0, 0.05) is 24.6 Å². The van der Waals surface area contributed by atoms with Gasteiger partial charge in [0.1, 0.15) is 5.82 Å². The molecule has 1 N–H and O–H groups in total. The number of aryl methyl sites for hydroxylation is 2. The van der Waals surface area contributed by atoms with E-state index in [0.29, 0.717) is 5.82 Å². The Hall–Kier alpha value is -2.76. The van der Waals surface area contributed by atoms with Crippen molar-refractivity contribution in [2.75, 3.05) is 11.9 Å². The van der Waals surface area contributed by atoms with Crippen LogP contribution in [0, 0.1) is 13.8 Å². The van der Waals surface area contributed by atoms with Crippen LogP contribution in [0.2, 0.25) is 0 Å². The van der Waals surface area contributed by atoms with E-state index < -0.39 is 0 Å². The molecule has 22 heavy (non-hydrogen) atoms. The minimum atomic E-state index is 0.710. The molecule has 3 aromatic heterocycles. The maximum absolute atomic E-state index is 4.31. The SMILES string of the molecule is Cc1ccc(CCNc2ccc(-n3ccc(C)n3)nn2)cn1. The predicted octanol–water partition coefficient (Wildman–Crippen LogP) is 2.33. The smallest absolute Gasteiger partial charge is 0.175 e. The molecular formula is C16H18N6. The third-order valence-electron chi connectivity index (χ3n) is 3.30. The quantitative estimate of drug-likeness (QED) is 0.782. The van der Waals surface area contributed by atoms with Crippen molar-refractivity contribution in [3.8, 4) is 5.82 Å². The topological polar surface area (TPSA) is 68.5 Å². The van der Waals surface area contributed by atoms with Crippen LogP contribution in [0.3, 0.4) is 0 Å². The predicted molar refractivity (Wildman–Crippen MR) is 85.1 cm³/mol. The van der Waals surface area contributed by atoms with Crippen LogP contribution in [0.1, 0.15) is 17.0 Å². The molecule has 0 aliphatic heterocycles. The molecule has 0 saturated heterocycles. The van der Waals surface area contributed by atoms with Crippen LogP contribution < -0.4 is 5.32 Å². The number of nitrogens with one attached hydrogen (secondary N) is 1. The fourth-order valence-corrected chi connectivity index (χ4v) is 2.07. The Morgan fingerprint density at radius 3 is 2.55 bits per heavy atom. The van der Waals surface area contributed by atoms with Gasteiger partial charge in [-0.3, -0.25) is 4.98 Å². The van der Waals surface area contributed by atoms with Gasteiger partial charge in [0.2, 0.25) is 0 Å². The molecule has 0 aliphatic carbocycles. The molecule has 3 heterocycles. The van der Waals surface area contributed by atoms with E-state index >= 15 is 0 Å². The van der Waals surface area contributed by atoms with Gasteiger partial charge in [0.25, 0.3) is 0 Å². The third-order valence-corrected chi connectivity index (χ3v) is 3.30. The molecule has 0 saturated carbocycles. The molecule has 0 fully saturated rings. The van der Waals surface area contributed by atoms with Gasteiger partial charge < -0.3 is 5.32 Å². The van der Waals surface area contributed by atoms with Gasteiger partial charge in [0.05, 0.1) is 5.69 Å². The fraction of sp³-hybridized carbons (Fsp3) is 0.250. The van der Waals surface area contributed by atoms with Gasteiger partial charge in [-0.2, -0.15) is 5.10 Å². The highest BCUT2D eigenvalue weighted by Gasteiger charge is 2.01. The minimum Gasteiger partial charge on any atom is -0.368 e. The van der Waals surface area contributed by atoms with Crippen LogP contribution >= 0.6 is 0 Å². The summed E-state index contributed by atoms with van der Waals surface area (Å²) in [5, 5.41) is 15.9. The van der Waals surface area contributed by atoms with E-state index in [1.807, 2.05) is 50.5 Å². The zero-order valence-electron chi connectivity index (χ0n) is 12.7. The Kier molecular flexibility index (Phi) is 4.09. The zero-order chi connectivity index (χ0) is 15.4. The highest BCUT2D eigenvalue weighted by molar-refractivity contribution is 5.36. The summed E-state index contributed by atoms with van der Waals surface area (Å²) in [6.07, 6.45) is 4.68. The van der Waals surface area contributed by atoms with E-state index in [2.05, 4.69) is 31.7 Å². The molecule has 0 aromatic carbocycles. The zero-order valence-corrected chi connectivity index (χ0v) is 12.7. The van der Waals surface area contributed by atoms with E-state index in [1.165, 1.54) is 5.56 Å². The van der Waals surface area contributed by atoms with E-state index in [-0.39, 0.29) is 0 Å². The third kappa shape index (κ3) is 3.46. The lowest BCUT2D eigenvalue weighted by Crippen LogP contribution is -2.08. The Bertz CT molecular complexity index is 730. The second-order valence-electron chi connectivity index (χ2n) is 5.16. The van der Waals surface area contributed by atoms with Crippen molar-refractivity contribution in [2.24, 2.45) is 0 Å². The lowest BCUT2D eigenvalue weighted by molar-refractivity contribution is 0.803. The Labute approximate surface area is 129 Å². The van der Waals surface area contributed by atoms with Crippen molar-refractivity contribution >= 4 is 5.82 Å². The van der Waals surface area contributed by atoms with Gasteiger partial charge in [-0.15, -0.1) is 10.2 Å². The first-order chi connectivity index (χ1) is 10.7. The van der Waals surface area contributed by atoms with Crippen molar-refractivity contribution in [1.29, 1.82) is 0 Å². The second-order valence-corrected chi connectivity index (χ2v) is 5.16. The molecule has 3 rings (SSSR count). The van der Waals surface area contributed by atoms with Gasteiger partial charge >= 0.3 is 0 Å². The Morgan fingerprint density at radius 1 is 1.00 bits per heavy atom. The maximum Gasteiger partial charge on any atom is 0.175 e. The number of rotatable bonds is 5. The summed E-state index contributed by atoms with van der Waals surface area (Å²) < 4.78 is 1.71. The number of hydrogen-bond donors (Lipinski definition) is 1. The summed E-state index contributed by atoms with van der Waals surface area (Å²) >= 11 is 0. The van der Waals surface area contributed by atoms with E-state index in [4.69, 9.17) is 0 Å². The standard InChI is InChI=1S/C16H18N6/c1-12-3-4-14(11-18-12)7-9-17-15-5-6-16(20-19-15)22-10-8-13(2)21-22/h3-6,8,10-11H,7,9H2,1-2H3,(H,17,19). The van der Waals surface area contributed by atoms with E-state index in [0.717, 1.165) is 30.2 Å². The van der Waals surface area contributed by atoms with Gasteiger partial charge in [0.15, 0.2) is 5.82 Å². The molecule has 0 amide bonds. The number of aromatic nitrogens is 5. The summed E-state index contributed by atoms with van der Waals surface area (Å²) in [5.74, 6) is 1.47. The van der Waals surface area contributed by atoms with Crippen LogP contribution in [0.5, 0.6) is 0 Å². The molecule has 0 bridgehead atoms. The number of nitrogens with zero attached hydrogens (tertiary/aromatic N) is 5. The summed E-state index contributed by atoms with van der Waals surface area (Å²) in [6, 6.07) is 9.86. The van der Waals surface area contributed by atoms with Crippen molar-refractivity contribution in [3.05, 3.63) is 59.7 Å². The largest absolute Gasteiger partial charge is 0.368 e. The second kappa shape index (κ2) is 6.34. The van der Waals surface area contributed by atoms with Crippen molar-refractivity contribution in [1.82, 2.24) is 25.0 Å². The lowest BCUT2D eigenvalue weighted by Gasteiger charge is -2.06. The lowest BCUT2D eigenvalue weighted by atomic mass is 10.2. The minimum absolute atomic E-state index is 0.710. The molecule has 0 radical (unpaired) electrons. The van der Waals surface area contributed by atoms with Crippen molar-refractivity contribution in [2.45, 2.75) is 20.3 Å². The van der Waals surface area contributed by atoms with Gasteiger partial charge in [-0.05, 0) is 50.1 Å². The molecule has 6 nitrogen and oxygen atoms in total. The first-order valence-electron chi connectivity index (χ1n) is 7.22. The van der Waals surface area contributed by atoms with Crippen LogP contribution in [0.4, 0.5) is 5.82 Å². The average Bonchev–Trinajstić information content (AvgIpc) is 2.97. The number of anilines is 1. The average molecular weight is 294 g/mol. The fourth-order valence-electron chi connectivity index (χ4n) is 2.07. The van der Waals surface area contributed by atoms with E-state index in [1.54, 1.807) is 4.68 Å². The van der Waals surface area contributed by atoms with E-state index in [9.17, 15) is 0 Å². The molecule has 0 atom stereocenters. The number of pyridine rings is 1. The highest BCUT2D eigenvalue weighted by atomic mass is 15.3. The molecule has 0 unspecified atom stereocenters. The van der Waals surface area contributed by atoms with Gasteiger partial charge in [-0.1, -0.05) is 6.07 Å². The van der Waals surface area contributed by atoms with Crippen LogP contribution in [-0.4, -0.2) is 31.5 Å². The Morgan fingerprint density at radius 2 is 1.91 bits per heavy atom. The van der Waals surface area contributed by atoms with Crippen LogP contribution in [-0.2, 0) is 6.42 Å². The summed E-state index contributed by atoms with van der Waals surface area (Å²) in [7, 11) is 0. The first kappa shape index (κ1) is 14.2. The summed E-state index contributed by atoms with van der Waals surface area (Å²) in [6.45, 7) is 4.72. The van der Waals surface area contributed by atoms with Crippen molar-refractivity contribution < 1.29 is 0 Å². The first-order valence-corrected chi connectivity index (χ1v) is 7.22. The Balaban J connectivity index is 1.56.